The molecule has 66 heavy (non-hydrogen) atoms. The number of benzene rings is 3. The highest BCUT2D eigenvalue weighted by Gasteiger charge is 2.49. The van der Waals surface area contributed by atoms with Crippen LogP contribution in [0.15, 0.2) is 48.7 Å². The topological polar surface area (TPSA) is 202 Å². The Morgan fingerprint density at radius 2 is 1.73 bits per heavy atom. The number of carbonyl (C=O) groups excluding carboxylic acids is 4. The molecule has 5 heterocycles. The molecule has 0 radical (unpaired) electrons. The first-order valence-electron chi connectivity index (χ1n) is 23.8. The molecule has 7 unspecified atom stereocenters. The summed E-state index contributed by atoms with van der Waals surface area (Å²) in [7, 11) is 2.62. The van der Waals surface area contributed by atoms with Crippen molar-refractivity contribution in [1.82, 2.24) is 40.8 Å². The van der Waals surface area contributed by atoms with Crippen molar-refractivity contribution in [1.29, 1.82) is 0 Å². The van der Waals surface area contributed by atoms with Gasteiger partial charge in [-0.3, -0.25) is 9.59 Å². The molecule has 3 aromatic carbocycles. The van der Waals surface area contributed by atoms with Gasteiger partial charge >= 0.3 is 12.2 Å². The van der Waals surface area contributed by atoms with Gasteiger partial charge in [-0.25, -0.2) is 19.6 Å². The third-order valence-electron chi connectivity index (χ3n) is 14.6. The van der Waals surface area contributed by atoms with Crippen LogP contribution in [0.3, 0.4) is 0 Å². The van der Waals surface area contributed by atoms with Crippen molar-refractivity contribution in [3.63, 3.8) is 0 Å². The lowest BCUT2D eigenvalue weighted by Gasteiger charge is -2.34. The summed E-state index contributed by atoms with van der Waals surface area (Å²) in [5.74, 6) is 2.06. The van der Waals surface area contributed by atoms with Gasteiger partial charge in [-0.2, -0.15) is 0 Å². The number of imidazole rings is 2. The Morgan fingerprint density at radius 1 is 0.924 bits per heavy atom. The molecular weight excluding hydrogens is 841 g/mol. The number of H-pyrrole nitrogens is 2. The number of rotatable bonds is 14. The fourth-order valence-corrected chi connectivity index (χ4v) is 10.8. The van der Waals surface area contributed by atoms with Crippen molar-refractivity contribution in [2.45, 2.75) is 122 Å². The first-order chi connectivity index (χ1) is 32.1. The van der Waals surface area contributed by atoms with E-state index in [9.17, 15) is 19.2 Å². The quantitative estimate of drug-likeness (QED) is 0.0721. The second-order valence-corrected chi connectivity index (χ2v) is 18.5. The summed E-state index contributed by atoms with van der Waals surface area (Å²) in [6.07, 6.45) is 9.00. The van der Waals surface area contributed by atoms with Crippen molar-refractivity contribution in [3.8, 4) is 28.1 Å². The zero-order chi connectivity index (χ0) is 46.1. The number of nitrogens with zero attached hydrogens (tertiary/aromatic N) is 3. The second-order valence-electron chi connectivity index (χ2n) is 18.5. The largest absolute Gasteiger partial charge is 0.488 e. The van der Waals surface area contributed by atoms with Crippen LogP contribution < -0.4 is 20.7 Å². The lowest BCUT2D eigenvalue weighted by Crippen LogP contribution is -2.53. The summed E-state index contributed by atoms with van der Waals surface area (Å²) in [5.41, 5.74) is 6.59. The molecule has 0 spiro atoms. The first kappa shape index (κ1) is 45.0. The summed E-state index contributed by atoms with van der Waals surface area (Å²) in [4.78, 5) is 72.1. The van der Waals surface area contributed by atoms with Crippen LogP contribution in [0.1, 0.15) is 114 Å². The summed E-state index contributed by atoms with van der Waals surface area (Å²) in [6, 6.07) is 12.8. The molecule has 1 saturated carbocycles. The molecule has 3 fully saturated rings. The number of ether oxygens (including phenoxy) is 4. The normalized spacial score (nSPS) is 20.9. The highest BCUT2D eigenvalue weighted by molar-refractivity contribution is 6.07. The number of carbonyl (C=O) groups is 4. The maximum absolute atomic E-state index is 14.5. The number of alkyl carbamates (subject to hydrolysis) is 2. The molecule has 3 aliphatic heterocycles. The fourth-order valence-electron chi connectivity index (χ4n) is 10.8. The monoisotopic (exact) mass is 902 g/mol. The third-order valence-corrected chi connectivity index (χ3v) is 14.6. The highest BCUT2D eigenvalue weighted by atomic mass is 16.5. The van der Waals surface area contributed by atoms with Crippen LogP contribution in [-0.4, -0.2) is 94.4 Å². The molecule has 16 heteroatoms. The van der Waals surface area contributed by atoms with Crippen molar-refractivity contribution in [2.24, 2.45) is 17.8 Å². The van der Waals surface area contributed by atoms with Gasteiger partial charge in [0.1, 0.15) is 36.1 Å². The number of likely N-dealkylation sites (tertiary alicyclic amines) is 1. The summed E-state index contributed by atoms with van der Waals surface area (Å²) < 4.78 is 21.8. The van der Waals surface area contributed by atoms with E-state index in [-0.39, 0.29) is 41.8 Å². The van der Waals surface area contributed by atoms with Gasteiger partial charge in [-0.1, -0.05) is 64.7 Å². The molecule has 16 nitrogen and oxygen atoms in total. The Kier molecular flexibility index (Phi) is 13.2. The number of aromatic nitrogens is 4. The predicted molar refractivity (Wildman–Crippen MR) is 248 cm³/mol. The van der Waals surface area contributed by atoms with Crippen LogP contribution in [0.2, 0.25) is 0 Å². The lowest BCUT2D eigenvalue weighted by atomic mass is 9.91. The zero-order valence-corrected chi connectivity index (χ0v) is 38.5. The summed E-state index contributed by atoms with van der Waals surface area (Å²) >= 11 is 0. The van der Waals surface area contributed by atoms with Gasteiger partial charge in [-0.15, -0.1) is 0 Å². The zero-order valence-electron chi connectivity index (χ0n) is 38.5. The van der Waals surface area contributed by atoms with Gasteiger partial charge in [0.05, 0.1) is 49.2 Å². The van der Waals surface area contributed by atoms with Crippen LogP contribution in [0.5, 0.6) is 5.75 Å². The van der Waals surface area contributed by atoms with E-state index in [2.05, 4.69) is 75.3 Å². The van der Waals surface area contributed by atoms with E-state index >= 15 is 0 Å². The Morgan fingerprint density at radius 3 is 2.50 bits per heavy atom. The van der Waals surface area contributed by atoms with E-state index in [4.69, 9.17) is 28.9 Å². The maximum Gasteiger partial charge on any atom is 0.407 e. The number of fused-ring (bicyclic) bond motifs is 7. The predicted octanol–water partition coefficient (Wildman–Crippen LogP) is 8.38. The number of amides is 4. The molecule has 9 rings (SSSR count). The minimum Gasteiger partial charge on any atom is -0.488 e. The molecule has 5 aromatic rings. The number of hydrogen-bond donors (Lipinski definition) is 5. The van der Waals surface area contributed by atoms with E-state index in [1.54, 1.807) is 6.20 Å². The minimum absolute atomic E-state index is 0.0733. The average Bonchev–Trinajstić information content (AvgIpc) is 4.17. The maximum atomic E-state index is 14.5. The number of hydrogen-bond acceptors (Lipinski definition) is 10. The molecule has 0 bridgehead atoms. The fraction of sp³-hybridized carbons (Fsp3) is 0.520. The van der Waals surface area contributed by atoms with Crippen LogP contribution in [0.25, 0.3) is 44.2 Å². The van der Waals surface area contributed by atoms with E-state index in [1.807, 2.05) is 18.7 Å². The lowest BCUT2D eigenvalue weighted by molar-refractivity contribution is -0.138. The van der Waals surface area contributed by atoms with Gasteiger partial charge < -0.3 is 49.8 Å². The molecule has 7 atom stereocenters. The van der Waals surface area contributed by atoms with E-state index in [0.29, 0.717) is 50.8 Å². The Labute approximate surface area is 384 Å². The molecule has 350 valence electrons. The Balaban J connectivity index is 0.964. The average molecular weight is 903 g/mol. The molecular formula is C50H62N8O8. The number of unbranched alkanes of at least 4 members (excludes halogenated alkanes) is 1. The SMILES string of the molecule is CCCCC(NC(=O)C(NC(=O)OC)C1CCOCC1)c1ncc(-c2ccc3c(c2)COc2cc4c(ccc5[nH]c(C6CC7CCCC7N6C(=O)C(NC(=O)OC)C(C)CC)nc54)cc2-3)[nH]1. The van der Waals surface area contributed by atoms with E-state index < -0.39 is 24.3 Å². The van der Waals surface area contributed by atoms with Crippen molar-refractivity contribution >= 4 is 45.8 Å². The molecule has 4 aliphatic rings. The number of nitrogens with one attached hydrogen (secondary N) is 5. The Hall–Kier alpha value is -6.16. The summed E-state index contributed by atoms with van der Waals surface area (Å²) in [5, 5.41) is 10.8. The van der Waals surface area contributed by atoms with Crippen LogP contribution in [0, 0.1) is 17.8 Å². The van der Waals surface area contributed by atoms with Crippen LogP contribution in [0.4, 0.5) is 9.59 Å². The van der Waals surface area contributed by atoms with Gasteiger partial charge in [-0.05, 0) is 103 Å². The molecule has 1 aliphatic carbocycles. The van der Waals surface area contributed by atoms with Crippen LogP contribution >= 0.6 is 0 Å². The van der Waals surface area contributed by atoms with Gasteiger partial charge in [0.2, 0.25) is 11.8 Å². The first-order valence-corrected chi connectivity index (χ1v) is 23.8. The van der Waals surface area contributed by atoms with Crippen LogP contribution in [-0.2, 0) is 30.4 Å². The van der Waals surface area contributed by atoms with Crippen molar-refractivity contribution in [3.05, 3.63) is 65.9 Å². The standard InChI is InChI=1S/C50H62N8O8/c1-6-8-11-37(54-47(59)43(57-50(62)64-5)28-17-19-65-20-18-28)45-51-25-38(53-45)30-13-15-33-32(21-30)26-66-41-24-34-29(22-35(33)41)14-16-36-44(34)55-46(52-36)40-23-31-10-9-12-39(31)58(40)48(60)42(27(3)7-2)56-49(61)63-4/h13-16,21-22,24-25,27-28,31,37,39-40,42-43H,6-12,17-20,23,26H2,1-5H3,(H,51,53)(H,52,55)(H,54,59)(H,56,61)(H,57,62). The third kappa shape index (κ3) is 8.79. The van der Waals surface area contributed by atoms with Gasteiger partial charge in [0.25, 0.3) is 0 Å². The van der Waals surface area contributed by atoms with Crippen molar-refractivity contribution < 1.29 is 38.1 Å². The smallest absolute Gasteiger partial charge is 0.407 e. The van der Waals surface area contributed by atoms with Gasteiger partial charge in [0, 0.05) is 30.2 Å². The molecule has 2 saturated heterocycles. The number of aromatic amines is 2. The Bertz CT molecular complexity index is 2600. The summed E-state index contributed by atoms with van der Waals surface area (Å²) in [6.45, 7) is 7.57. The van der Waals surface area contributed by atoms with Gasteiger partial charge in [0.15, 0.2) is 0 Å². The highest BCUT2D eigenvalue weighted by Crippen LogP contribution is 2.49. The molecule has 4 amide bonds. The number of methoxy groups -OCH3 is 2. The van der Waals surface area contributed by atoms with E-state index in [1.165, 1.54) is 14.2 Å². The molecule has 5 N–H and O–H groups in total. The van der Waals surface area contributed by atoms with Crippen molar-refractivity contribution in [2.75, 3.05) is 27.4 Å². The van der Waals surface area contributed by atoms with E-state index in [0.717, 1.165) is 106 Å². The second kappa shape index (κ2) is 19.4. The molecule has 2 aromatic heterocycles. The minimum atomic E-state index is -0.755.